The minimum Gasteiger partial charge on any atom is -0.459 e. The highest BCUT2D eigenvalue weighted by atomic mass is 32.2. The number of fused-ring (bicyclic) bond motifs is 1. The monoisotopic (exact) mass is 435 g/mol. The maximum Gasteiger partial charge on any atom is 0.340 e. The van der Waals surface area contributed by atoms with Crippen molar-refractivity contribution in [2.24, 2.45) is 0 Å². The van der Waals surface area contributed by atoms with E-state index in [0.717, 1.165) is 0 Å². The zero-order valence-corrected chi connectivity index (χ0v) is 17.0. The van der Waals surface area contributed by atoms with Crippen molar-refractivity contribution in [1.29, 1.82) is 0 Å². The van der Waals surface area contributed by atoms with Crippen molar-refractivity contribution in [3.05, 3.63) is 94.9 Å². The van der Waals surface area contributed by atoms with Crippen LogP contribution in [0.15, 0.2) is 87.2 Å². The molecule has 2 aromatic carbocycles. The Morgan fingerprint density at radius 3 is 2.58 bits per heavy atom. The van der Waals surface area contributed by atoms with Gasteiger partial charge in [0.15, 0.2) is 5.76 Å². The second kappa shape index (κ2) is 7.13. The lowest BCUT2D eigenvalue weighted by Crippen LogP contribution is -2.28. The highest BCUT2D eigenvalue weighted by Gasteiger charge is 2.29. The number of aromatic amines is 1. The second-order valence-electron chi connectivity index (χ2n) is 7.11. The van der Waals surface area contributed by atoms with E-state index >= 15 is 0 Å². The summed E-state index contributed by atoms with van der Waals surface area (Å²) < 4.78 is 32.2. The van der Waals surface area contributed by atoms with Crippen LogP contribution in [0.2, 0.25) is 0 Å². The first-order valence-corrected chi connectivity index (χ1v) is 11.0. The van der Waals surface area contributed by atoms with Gasteiger partial charge in [-0.3, -0.25) is 4.79 Å². The predicted octanol–water partition coefficient (Wildman–Crippen LogP) is 2.88. The summed E-state index contributed by atoms with van der Waals surface area (Å²) in [5, 5.41) is 0. The number of amides is 1. The van der Waals surface area contributed by atoms with Crippen LogP contribution in [0.3, 0.4) is 0 Å². The van der Waals surface area contributed by atoms with E-state index in [1.807, 2.05) is 6.07 Å². The van der Waals surface area contributed by atoms with Crippen LogP contribution in [0.25, 0.3) is 11.3 Å². The molecule has 0 aliphatic carbocycles. The molecule has 156 valence electrons. The molecule has 0 spiro atoms. The van der Waals surface area contributed by atoms with E-state index in [1.54, 1.807) is 47.4 Å². The van der Waals surface area contributed by atoms with Crippen LogP contribution in [0.1, 0.15) is 16.1 Å². The minimum atomic E-state index is -4.11. The minimum absolute atomic E-state index is 0.0146. The summed E-state index contributed by atoms with van der Waals surface area (Å²) in [6.07, 6.45) is 3.22. The van der Waals surface area contributed by atoms with Gasteiger partial charge in [-0.25, -0.2) is 13.2 Å². The lowest BCUT2D eigenvalue weighted by atomic mass is 10.2. The summed E-state index contributed by atoms with van der Waals surface area (Å²) in [4.78, 5) is 29.2. The van der Waals surface area contributed by atoms with Gasteiger partial charge >= 0.3 is 5.69 Å². The topological polar surface area (TPSA) is 105 Å². The van der Waals surface area contributed by atoms with Crippen LogP contribution in [0, 0.1) is 0 Å². The SMILES string of the molecule is O=C(c1ccco1)N1CCc2cc(S(=O)(=O)n3cc(-c4ccccc4)[nH]c3=O)ccc21. The van der Waals surface area contributed by atoms with Gasteiger partial charge in [0, 0.05) is 12.2 Å². The Hall–Kier alpha value is -3.85. The first-order chi connectivity index (χ1) is 14.9. The lowest BCUT2D eigenvalue weighted by Gasteiger charge is -2.16. The second-order valence-corrected chi connectivity index (χ2v) is 8.93. The molecule has 3 heterocycles. The normalized spacial score (nSPS) is 13.4. The van der Waals surface area contributed by atoms with E-state index < -0.39 is 15.7 Å². The zero-order chi connectivity index (χ0) is 21.6. The van der Waals surface area contributed by atoms with Crippen molar-refractivity contribution in [2.75, 3.05) is 11.4 Å². The maximum atomic E-state index is 13.1. The van der Waals surface area contributed by atoms with E-state index in [-0.39, 0.29) is 16.6 Å². The lowest BCUT2D eigenvalue weighted by molar-refractivity contribution is 0.0963. The van der Waals surface area contributed by atoms with Gasteiger partial charge in [0.25, 0.3) is 15.9 Å². The standard InChI is InChI=1S/C22H17N3O5S/c26-21(20-7-4-12-30-20)24-11-10-16-13-17(8-9-19(16)24)31(28,29)25-14-18(23-22(25)27)15-5-2-1-3-6-15/h1-9,12-14H,10-11H2,(H,23,27). The number of imidazole rings is 1. The highest BCUT2D eigenvalue weighted by molar-refractivity contribution is 7.90. The van der Waals surface area contributed by atoms with E-state index in [0.29, 0.717) is 39.4 Å². The van der Waals surface area contributed by atoms with Crippen molar-refractivity contribution < 1.29 is 17.6 Å². The number of carbonyl (C=O) groups excluding carboxylic acids is 1. The molecule has 1 aliphatic rings. The molecule has 2 aromatic heterocycles. The summed E-state index contributed by atoms with van der Waals surface area (Å²) in [5.74, 6) is -0.0643. The molecule has 8 nitrogen and oxygen atoms in total. The first-order valence-electron chi connectivity index (χ1n) is 9.56. The van der Waals surface area contributed by atoms with Crippen LogP contribution in [-0.4, -0.2) is 29.8 Å². The fourth-order valence-electron chi connectivity index (χ4n) is 3.72. The average Bonchev–Trinajstić information content (AvgIpc) is 3.53. The Kier molecular flexibility index (Phi) is 4.40. The molecule has 1 aliphatic heterocycles. The Balaban J connectivity index is 1.50. The number of rotatable bonds is 4. The van der Waals surface area contributed by atoms with Crippen LogP contribution >= 0.6 is 0 Å². The molecule has 0 saturated carbocycles. The predicted molar refractivity (Wildman–Crippen MR) is 114 cm³/mol. The largest absolute Gasteiger partial charge is 0.459 e. The average molecular weight is 435 g/mol. The maximum absolute atomic E-state index is 13.1. The first kappa shape index (κ1) is 19.1. The van der Waals surface area contributed by atoms with Gasteiger partial charge < -0.3 is 14.3 Å². The molecule has 9 heteroatoms. The Morgan fingerprint density at radius 1 is 1.03 bits per heavy atom. The molecule has 31 heavy (non-hydrogen) atoms. The van der Waals surface area contributed by atoms with E-state index in [9.17, 15) is 18.0 Å². The molecular formula is C22H17N3O5S. The molecule has 0 unspecified atom stereocenters. The molecule has 0 radical (unpaired) electrons. The van der Waals surface area contributed by atoms with E-state index in [2.05, 4.69) is 4.98 Å². The van der Waals surface area contributed by atoms with Crippen LogP contribution < -0.4 is 10.6 Å². The fraction of sp³-hybridized carbons (Fsp3) is 0.0909. The quantitative estimate of drug-likeness (QED) is 0.531. The number of carbonyl (C=O) groups is 1. The van der Waals surface area contributed by atoms with Gasteiger partial charge in [-0.15, -0.1) is 0 Å². The molecule has 5 rings (SSSR count). The highest BCUT2D eigenvalue weighted by Crippen LogP contribution is 2.32. The van der Waals surface area contributed by atoms with Gasteiger partial charge in [0.2, 0.25) is 0 Å². The number of anilines is 1. The van der Waals surface area contributed by atoms with Crippen molar-refractivity contribution >= 4 is 21.6 Å². The fourth-order valence-corrected chi connectivity index (χ4v) is 4.98. The van der Waals surface area contributed by atoms with Crippen molar-refractivity contribution in [3.8, 4) is 11.3 Å². The molecular weight excluding hydrogens is 418 g/mol. The summed E-state index contributed by atoms with van der Waals surface area (Å²) in [6, 6.07) is 16.7. The van der Waals surface area contributed by atoms with Crippen LogP contribution in [0.5, 0.6) is 0 Å². The van der Waals surface area contributed by atoms with Gasteiger partial charge in [-0.2, -0.15) is 3.97 Å². The summed E-state index contributed by atoms with van der Waals surface area (Å²) in [6.45, 7) is 0.417. The van der Waals surface area contributed by atoms with Gasteiger partial charge in [-0.1, -0.05) is 30.3 Å². The smallest absolute Gasteiger partial charge is 0.340 e. The number of nitrogens with one attached hydrogen (secondary N) is 1. The Bertz CT molecular complexity index is 1430. The number of aromatic nitrogens is 2. The van der Waals surface area contributed by atoms with Crippen LogP contribution in [0.4, 0.5) is 5.69 Å². The molecule has 4 aromatic rings. The third-order valence-corrected chi connectivity index (χ3v) is 6.89. The molecule has 0 fully saturated rings. The summed E-state index contributed by atoms with van der Waals surface area (Å²) in [5.41, 5.74) is 1.72. The Labute approximate surface area is 177 Å². The number of nitrogens with zero attached hydrogens (tertiary/aromatic N) is 2. The Morgan fingerprint density at radius 2 is 1.84 bits per heavy atom. The molecule has 1 amide bonds. The molecule has 0 bridgehead atoms. The van der Waals surface area contributed by atoms with E-state index in [4.69, 9.17) is 4.42 Å². The van der Waals surface area contributed by atoms with E-state index in [1.165, 1.54) is 24.6 Å². The summed E-state index contributed by atoms with van der Waals surface area (Å²) in [7, 11) is -4.11. The summed E-state index contributed by atoms with van der Waals surface area (Å²) >= 11 is 0. The van der Waals surface area contributed by atoms with Crippen molar-refractivity contribution in [3.63, 3.8) is 0 Å². The number of furan rings is 1. The molecule has 0 saturated heterocycles. The number of benzene rings is 2. The van der Waals surface area contributed by atoms with Gasteiger partial charge in [-0.05, 0) is 47.9 Å². The van der Waals surface area contributed by atoms with Crippen molar-refractivity contribution in [1.82, 2.24) is 8.96 Å². The molecule has 0 atom stereocenters. The number of hydrogen-bond acceptors (Lipinski definition) is 5. The number of H-pyrrole nitrogens is 1. The molecule has 1 N–H and O–H groups in total. The van der Waals surface area contributed by atoms with Crippen molar-refractivity contribution in [2.45, 2.75) is 11.3 Å². The van der Waals surface area contributed by atoms with Gasteiger partial charge in [0.05, 0.1) is 23.0 Å². The zero-order valence-electron chi connectivity index (χ0n) is 16.2. The van der Waals surface area contributed by atoms with Crippen LogP contribution in [-0.2, 0) is 16.4 Å². The third-order valence-electron chi connectivity index (χ3n) is 5.25. The number of hydrogen-bond donors (Lipinski definition) is 1. The van der Waals surface area contributed by atoms with Gasteiger partial charge in [0.1, 0.15) is 0 Å². The third kappa shape index (κ3) is 3.19.